The lowest BCUT2D eigenvalue weighted by molar-refractivity contribution is 0.147. The monoisotopic (exact) mass is 255 g/mol. The maximum atomic E-state index is 3.98. The smallest absolute Gasteiger partial charge is 0.0166 e. The SMILES string of the molecule is CC1(C)CSCC(NC2CCCCC2(C)C)C1. The van der Waals surface area contributed by atoms with Crippen molar-refractivity contribution in [3.8, 4) is 0 Å². The topological polar surface area (TPSA) is 12.0 Å². The van der Waals surface area contributed by atoms with Crippen LogP contribution < -0.4 is 5.32 Å². The molecular weight excluding hydrogens is 226 g/mol. The number of rotatable bonds is 2. The molecule has 17 heavy (non-hydrogen) atoms. The Balaban J connectivity index is 1.91. The van der Waals surface area contributed by atoms with Crippen molar-refractivity contribution < 1.29 is 0 Å². The van der Waals surface area contributed by atoms with Crippen LogP contribution in [-0.2, 0) is 0 Å². The largest absolute Gasteiger partial charge is 0.310 e. The van der Waals surface area contributed by atoms with Crippen molar-refractivity contribution in [2.75, 3.05) is 11.5 Å². The summed E-state index contributed by atoms with van der Waals surface area (Å²) < 4.78 is 0. The first kappa shape index (κ1) is 13.7. The number of nitrogens with one attached hydrogen (secondary N) is 1. The van der Waals surface area contributed by atoms with Crippen molar-refractivity contribution in [1.29, 1.82) is 0 Å². The quantitative estimate of drug-likeness (QED) is 0.798. The molecule has 1 nitrogen and oxygen atoms in total. The molecule has 2 rings (SSSR count). The minimum Gasteiger partial charge on any atom is -0.310 e. The highest BCUT2D eigenvalue weighted by Crippen LogP contribution is 2.38. The summed E-state index contributed by atoms with van der Waals surface area (Å²) in [6.07, 6.45) is 6.98. The van der Waals surface area contributed by atoms with Crippen molar-refractivity contribution >= 4 is 11.8 Å². The first-order chi connectivity index (χ1) is 7.89. The lowest BCUT2D eigenvalue weighted by Crippen LogP contribution is -2.51. The molecule has 2 atom stereocenters. The normalized spacial score (nSPS) is 36.7. The summed E-state index contributed by atoms with van der Waals surface area (Å²) in [5.74, 6) is 2.65. The summed E-state index contributed by atoms with van der Waals surface area (Å²) in [6, 6.07) is 1.49. The second kappa shape index (κ2) is 5.13. The van der Waals surface area contributed by atoms with Gasteiger partial charge in [-0.2, -0.15) is 11.8 Å². The van der Waals surface area contributed by atoms with Crippen molar-refractivity contribution in [3.63, 3.8) is 0 Å². The maximum Gasteiger partial charge on any atom is 0.0166 e. The Kier molecular flexibility index (Phi) is 4.14. The van der Waals surface area contributed by atoms with E-state index in [1.54, 1.807) is 0 Å². The highest BCUT2D eigenvalue weighted by Gasteiger charge is 2.36. The molecule has 0 aromatic rings. The minimum absolute atomic E-state index is 0.504. The third kappa shape index (κ3) is 3.64. The van der Waals surface area contributed by atoms with E-state index in [1.807, 2.05) is 0 Å². The molecular formula is C15H29NS. The second-order valence-corrected chi connectivity index (χ2v) is 8.56. The van der Waals surface area contributed by atoms with Crippen LogP contribution in [0.25, 0.3) is 0 Å². The van der Waals surface area contributed by atoms with E-state index in [4.69, 9.17) is 0 Å². The minimum atomic E-state index is 0.504. The van der Waals surface area contributed by atoms with Crippen LogP contribution in [0.1, 0.15) is 59.8 Å². The van der Waals surface area contributed by atoms with Gasteiger partial charge in [-0.05, 0) is 35.8 Å². The number of thioether (sulfide) groups is 1. The molecule has 1 N–H and O–H groups in total. The van der Waals surface area contributed by atoms with Crippen LogP contribution in [0.15, 0.2) is 0 Å². The van der Waals surface area contributed by atoms with Crippen LogP contribution in [0.5, 0.6) is 0 Å². The molecule has 1 aliphatic carbocycles. The van der Waals surface area contributed by atoms with Crippen LogP contribution in [0, 0.1) is 10.8 Å². The molecule has 0 amide bonds. The lowest BCUT2D eigenvalue weighted by atomic mass is 9.72. The fourth-order valence-electron chi connectivity index (χ4n) is 3.46. The van der Waals surface area contributed by atoms with Crippen molar-refractivity contribution in [1.82, 2.24) is 5.32 Å². The van der Waals surface area contributed by atoms with Crippen LogP contribution in [0.4, 0.5) is 0 Å². The second-order valence-electron chi connectivity index (χ2n) is 7.53. The third-order valence-electron chi connectivity index (χ3n) is 4.55. The molecule has 0 aromatic carbocycles. The zero-order chi connectivity index (χ0) is 12.5. The standard InChI is InChI=1S/C15H29NS/c1-14(2)9-12(10-17-11-14)16-13-7-5-6-8-15(13,3)4/h12-13,16H,5-11H2,1-4H3. The molecule has 2 unspecified atom stereocenters. The van der Waals surface area contributed by atoms with E-state index in [9.17, 15) is 0 Å². The third-order valence-corrected chi connectivity index (χ3v) is 6.18. The van der Waals surface area contributed by atoms with E-state index in [1.165, 1.54) is 43.6 Å². The van der Waals surface area contributed by atoms with Gasteiger partial charge in [-0.15, -0.1) is 0 Å². The maximum absolute atomic E-state index is 3.98. The first-order valence-electron chi connectivity index (χ1n) is 7.23. The van der Waals surface area contributed by atoms with Gasteiger partial charge < -0.3 is 5.32 Å². The molecule has 1 aliphatic heterocycles. The van der Waals surface area contributed by atoms with Gasteiger partial charge in [-0.25, -0.2) is 0 Å². The molecule has 0 bridgehead atoms. The lowest BCUT2D eigenvalue weighted by Gasteiger charge is -2.44. The zero-order valence-electron chi connectivity index (χ0n) is 12.0. The van der Waals surface area contributed by atoms with Gasteiger partial charge in [0.25, 0.3) is 0 Å². The average molecular weight is 255 g/mol. The predicted molar refractivity (Wildman–Crippen MR) is 78.7 cm³/mol. The van der Waals surface area contributed by atoms with Crippen LogP contribution >= 0.6 is 11.8 Å². The summed E-state index contributed by atoms with van der Waals surface area (Å²) in [5.41, 5.74) is 1.03. The number of hydrogen-bond acceptors (Lipinski definition) is 2. The molecule has 2 aliphatic rings. The highest BCUT2D eigenvalue weighted by molar-refractivity contribution is 7.99. The van der Waals surface area contributed by atoms with E-state index in [2.05, 4.69) is 44.8 Å². The highest BCUT2D eigenvalue weighted by atomic mass is 32.2. The van der Waals surface area contributed by atoms with Gasteiger partial charge in [0.2, 0.25) is 0 Å². The van der Waals surface area contributed by atoms with E-state index in [0.29, 0.717) is 10.8 Å². The molecule has 0 spiro atoms. The van der Waals surface area contributed by atoms with Gasteiger partial charge in [0.05, 0.1) is 0 Å². The molecule has 0 aromatic heterocycles. The van der Waals surface area contributed by atoms with Crippen molar-refractivity contribution in [2.24, 2.45) is 10.8 Å². The molecule has 2 fully saturated rings. The van der Waals surface area contributed by atoms with Crippen molar-refractivity contribution in [2.45, 2.75) is 71.9 Å². The first-order valence-corrected chi connectivity index (χ1v) is 8.38. The Morgan fingerprint density at radius 2 is 1.88 bits per heavy atom. The van der Waals surface area contributed by atoms with E-state index < -0.39 is 0 Å². The number of hydrogen-bond donors (Lipinski definition) is 1. The summed E-state index contributed by atoms with van der Waals surface area (Å²) in [5, 5.41) is 3.98. The van der Waals surface area contributed by atoms with Gasteiger partial charge in [-0.1, -0.05) is 40.5 Å². The predicted octanol–water partition coefficient (Wildman–Crippen LogP) is 4.08. The van der Waals surface area contributed by atoms with Crippen LogP contribution in [-0.4, -0.2) is 23.6 Å². The summed E-state index contributed by atoms with van der Waals surface area (Å²) in [7, 11) is 0. The Labute approximate surface area is 112 Å². The summed E-state index contributed by atoms with van der Waals surface area (Å²) in [6.45, 7) is 9.73. The van der Waals surface area contributed by atoms with Gasteiger partial charge in [0, 0.05) is 17.8 Å². The van der Waals surface area contributed by atoms with Gasteiger partial charge in [-0.3, -0.25) is 0 Å². The molecule has 1 heterocycles. The van der Waals surface area contributed by atoms with Crippen LogP contribution in [0.2, 0.25) is 0 Å². The Morgan fingerprint density at radius 1 is 1.12 bits per heavy atom. The molecule has 100 valence electrons. The summed E-state index contributed by atoms with van der Waals surface area (Å²) in [4.78, 5) is 0. The molecule has 0 radical (unpaired) electrons. The van der Waals surface area contributed by atoms with Gasteiger partial charge >= 0.3 is 0 Å². The van der Waals surface area contributed by atoms with Crippen molar-refractivity contribution in [3.05, 3.63) is 0 Å². The van der Waals surface area contributed by atoms with E-state index >= 15 is 0 Å². The Morgan fingerprint density at radius 3 is 2.53 bits per heavy atom. The molecule has 1 saturated carbocycles. The molecule has 2 heteroatoms. The fraction of sp³-hybridized carbons (Fsp3) is 1.00. The summed E-state index contributed by atoms with van der Waals surface area (Å²) >= 11 is 2.14. The van der Waals surface area contributed by atoms with E-state index in [-0.39, 0.29) is 0 Å². The molecule has 1 saturated heterocycles. The fourth-order valence-corrected chi connectivity index (χ4v) is 4.74. The van der Waals surface area contributed by atoms with Crippen LogP contribution in [0.3, 0.4) is 0 Å². The van der Waals surface area contributed by atoms with Gasteiger partial charge in [0.15, 0.2) is 0 Å². The van der Waals surface area contributed by atoms with E-state index in [0.717, 1.165) is 12.1 Å². The van der Waals surface area contributed by atoms with Gasteiger partial charge in [0.1, 0.15) is 0 Å². The average Bonchev–Trinajstić information content (AvgIpc) is 2.20. The zero-order valence-corrected chi connectivity index (χ0v) is 12.8. The Bertz CT molecular complexity index is 260. The Hall–Kier alpha value is 0.310.